The van der Waals surface area contributed by atoms with Crippen LogP contribution in [0.4, 0.5) is 0 Å². The van der Waals surface area contributed by atoms with Gasteiger partial charge in [0.2, 0.25) is 0 Å². The third-order valence-electron chi connectivity index (χ3n) is 4.20. The van der Waals surface area contributed by atoms with Gasteiger partial charge in [0.1, 0.15) is 5.75 Å². The Morgan fingerprint density at radius 3 is 2.71 bits per heavy atom. The van der Waals surface area contributed by atoms with Crippen LogP contribution in [-0.4, -0.2) is 17.9 Å². The molecule has 1 aromatic carbocycles. The normalized spacial score (nSPS) is 18.7. The minimum atomic E-state index is 0.468. The molecule has 0 saturated carbocycles. The van der Waals surface area contributed by atoms with E-state index in [9.17, 15) is 0 Å². The lowest BCUT2D eigenvalue weighted by atomic mass is 9.85. The lowest BCUT2D eigenvalue weighted by Crippen LogP contribution is -2.32. The SMILES string of the molecule is C=C(C)[C@H]1CC=C(C)/C(=N\NC(=S)NCc2ccc(OC)cc2)C1. The largest absolute Gasteiger partial charge is 0.497 e. The van der Waals surface area contributed by atoms with Crippen molar-refractivity contribution in [3.8, 4) is 5.75 Å². The summed E-state index contributed by atoms with van der Waals surface area (Å²) in [6.07, 6.45) is 4.17. The van der Waals surface area contributed by atoms with E-state index in [0.717, 1.165) is 29.9 Å². The Kier molecular flexibility index (Phi) is 6.55. The Morgan fingerprint density at radius 2 is 2.08 bits per heavy atom. The third-order valence-corrected chi connectivity index (χ3v) is 4.44. The number of hydrazone groups is 1. The molecule has 4 nitrogen and oxygen atoms in total. The topological polar surface area (TPSA) is 45.7 Å². The van der Waals surface area contributed by atoms with Crippen LogP contribution in [-0.2, 0) is 6.54 Å². The molecule has 2 N–H and O–H groups in total. The molecule has 24 heavy (non-hydrogen) atoms. The quantitative estimate of drug-likeness (QED) is 0.483. The summed E-state index contributed by atoms with van der Waals surface area (Å²) in [6.45, 7) is 8.86. The summed E-state index contributed by atoms with van der Waals surface area (Å²) in [4.78, 5) is 0. The summed E-state index contributed by atoms with van der Waals surface area (Å²) >= 11 is 5.30. The maximum Gasteiger partial charge on any atom is 0.187 e. The number of thiocarbonyl (C=S) groups is 1. The molecule has 0 bridgehead atoms. The molecule has 1 aliphatic carbocycles. The molecule has 0 amide bonds. The van der Waals surface area contributed by atoms with Gasteiger partial charge in [-0.05, 0) is 68.1 Å². The average Bonchev–Trinajstić information content (AvgIpc) is 2.59. The third kappa shape index (κ3) is 5.20. The van der Waals surface area contributed by atoms with Crippen molar-refractivity contribution in [2.45, 2.75) is 33.2 Å². The van der Waals surface area contributed by atoms with E-state index in [1.54, 1.807) is 7.11 Å². The molecule has 0 unspecified atom stereocenters. The van der Waals surface area contributed by atoms with E-state index >= 15 is 0 Å². The average molecular weight is 343 g/mol. The van der Waals surface area contributed by atoms with Crippen LogP contribution in [0, 0.1) is 5.92 Å². The number of ether oxygens (including phenoxy) is 1. The van der Waals surface area contributed by atoms with Crippen LogP contribution >= 0.6 is 12.2 Å². The second kappa shape index (κ2) is 8.64. The molecule has 0 spiro atoms. The lowest BCUT2D eigenvalue weighted by molar-refractivity contribution is 0.414. The van der Waals surface area contributed by atoms with Gasteiger partial charge in [-0.25, -0.2) is 0 Å². The first-order chi connectivity index (χ1) is 11.5. The van der Waals surface area contributed by atoms with Gasteiger partial charge in [-0.3, -0.25) is 5.43 Å². The van der Waals surface area contributed by atoms with E-state index in [1.165, 1.54) is 11.1 Å². The second-order valence-electron chi connectivity index (χ2n) is 6.07. The molecule has 0 aromatic heterocycles. The first-order valence-corrected chi connectivity index (χ1v) is 8.46. The van der Waals surface area contributed by atoms with E-state index in [1.807, 2.05) is 24.3 Å². The lowest BCUT2D eigenvalue weighted by Gasteiger charge is -2.22. The predicted molar refractivity (Wildman–Crippen MR) is 104 cm³/mol. The zero-order valence-electron chi connectivity index (χ0n) is 14.6. The summed E-state index contributed by atoms with van der Waals surface area (Å²) in [6, 6.07) is 7.88. The zero-order valence-corrected chi connectivity index (χ0v) is 15.4. The van der Waals surface area contributed by atoms with Crippen molar-refractivity contribution in [3.63, 3.8) is 0 Å². The molecule has 0 fully saturated rings. The van der Waals surface area contributed by atoms with E-state index in [0.29, 0.717) is 17.6 Å². The van der Waals surface area contributed by atoms with Crippen LogP contribution in [0.15, 0.2) is 53.2 Å². The first kappa shape index (κ1) is 18.2. The fourth-order valence-electron chi connectivity index (χ4n) is 2.51. The van der Waals surface area contributed by atoms with Gasteiger partial charge in [0.15, 0.2) is 5.11 Å². The maximum absolute atomic E-state index is 5.30. The van der Waals surface area contributed by atoms with Gasteiger partial charge in [-0.15, -0.1) is 0 Å². The van der Waals surface area contributed by atoms with Crippen molar-refractivity contribution < 1.29 is 4.74 Å². The van der Waals surface area contributed by atoms with Gasteiger partial charge in [0, 0.05) is 6.54 Å². The highest BCUT2D eigenvalue weighted by Gasteiger charge is 2.18. The van der Waals surface area contributed by atoms with Crippen molar-refractivity contribution in [1.82, 2.24) is 10.7 Å². The molecule has 0 radical (unpaired) electrons. The fraction of sp³-hybridized carbons (Fsp3) is 0.368. The Hall–Kier alpha value is -2.14. The molecule has 0 heterocycles. The molecule has 1 aromatic rings. The van der Waals surface area contributed by atoms with Crippen LogP contribution in [0.3, 0.4) is 0 Å². The number of rotatable bonds is 5. The van der Waals surface area contributed by atoms with Crippen molar-refractivity contribution >= 4 is 23.0 Å². The second-order valence-corrected chi connectivity index (χ2v) is 6.48. The maximum atomic E-state index is 5.30. The summed E-state index contributed by atoms with van der Waals surface area (Å²) in [7, 11) is 1.66. The smallest absolute Gasteiger partial charge is 0.187 e. The Balaban J connectivity index is 1.86. The van der Waals surface area contributed by atoms with Gasteiger partial charge in [0.05, 0.1) is 12.8 Å². The van der Waals surface area contributed by atoms with Crippen LogP contribution in [0.25, 0.3) is 0 Å². The molecular formula is C19H25N3OS. The number of methoxy groups -OCH3 is 1. The van der Waals surface area contributed by atoms with Crippen molar-refractivity contribution in [2.24, 2.45) is 11.0 Å². The molecule has 1 aliphatic rings. The monoisotopic (exact) mass is 343 g/mol. The molecule has 1 atom stereocenters. The summed E-state index contributed by atoms with van der Waals surface area (Å²) in [5.74, 6) is 1.31. The fourth-order valence-corrected chi connectivity index (χ4v) is 2.63. The van der Waals surface area contributed by atoms with Crippen LogP contribution < -0.4 is 15.5 Å². The summed E-state index contributed by atoms with van der Waals surface area (Å²) in [5.41, 5.74) is 7.53. The summed E-state index contributed by atoms with van der Waals surface area (Å²) in [5, 5.41) is 8.15. The molecule has 5 heteroatoms. The standard InChI is InChI=1S/C19H25N3OS/c1-13(2)16-8-5-14(3)18(11-16)21-22-19(24)20-12-15-6-9-17(23-4)10-7-15/h5-7,9-10,16H,1,8,11-12H2,2-4H3,(H2,20,22,24)/b21-18-/t16-/m0/s1. The number of nitrogens with one attached hydrogen (secondary N) is 2. The van der Waals surface area contributed by atoms with E-state index in [4.69, 9.17) is 17.0 Å². The molecule has 128 valence electrons. The number of hydrogen-bond donors (Lipinski definition) is 2. The van der Waals surface area contributed by atoms with Crippen LogP contribution in [0.5, 0.6) is 5.75 Å². The Bertz CT molecular complexity index is 662. The van der Waals surface area contributed by atoms with Crippen LogP contribution in [0.1, 0.15) is 32.3 Å². The highest BCUT2D eigenvalue weighted by molar-refractivity contribution is 7.80. The number of allylic oxidation sites excluding steroid dienone is 3. The highest BCUT2D eigenvalue weighted by atomic mass is 32.1. The van der Waals surface area contributed by atoms with E-state index < -0.39 is 0 Å². The molecule has 2 rings (SSSR count). The predicted octanol–water partition coefficient (Wildman–Crippen LogP) is 3.95. The molecular weight excluding hydrogens is 318 g/mol. The molecule has 0 aliphatic heterocycles. The molecule has 0 saturated heterocycles. The van der Waals surface area contributed by atoms with E-state index in [2.05, 4.69) is 42.3 Å². The first-order valence-electron chi connectivity index (χ1n) is 8.05. The van der Waals surface area contributed by atoms with Crippen molar-refractivity contribution in [1.29, 1.82) is 0 Å². The minimum absolute atomic E-state index is 0.468. The van der Waals surface area contributed by atoms with Crippen molar-refractivity contribution in [2.75, 3.05) is 7.11 Å². The van der Waals surface area contributed by atoms with Crippen LogP contribution in [0.2, 0.25) is 0 Å². The van der Waals surface area contributed by atoms with Gasteiger partial charge in [0.25, 0.3) is 0 Å². The minimum Gasteiger partial charge on any atom is -0.497 e. The van der Waals surface area contributed by atoms with Gasteiger partial charge in [-0.1, -0.05) is 30.4 Å². The van der Waals surface area contributed by atoms with Gasteiger partial charge >= 0.3 is 0 Å². The van der Waals surface area contributed by atoms with Crippen molar-refractivity contribution in [3.05, 3.63) is 53.6 Å². The van der Waals surface area contributed by atoms with E-state index in [-0.39, 0.29) is 0 Å². The van der Waals surface area contributed by atoms with Gasteiger partial charge < -0.3 is 10.1 Å². The Morgan fingerprint density at radius 1 is 1.38 bits per heavy atom. The summed E-state index contributed by atoms with van der Waals surface area (Å²) < 4.78 is 5.15. The zero-order chi connectivity index (χ0) is 17.5. The Labute approximate surface area is 149 Å². The number of nitrogens with zero attached hydrogens (tertiary/aromatic N) is 1. The van der Waals surface area contributed by atoms with Gasteiger partial charge in [-0.2, -0.15) is 5.10 Å². The number of benzene rings is 1. The number of hydrogen-bond acceptors (Lipinski definition) is 3. The highest BCUT2D eigenvalue weighted by Crippen LogP contribution is 2.26.